The molecule has 0 bridgehead atoms. The van der Waals surface area contributed by atoms with E-state index >= 15 is 0 Å². The number of esters is 1. The molecule has 2 amide bonds. The lowest BCUT2D eigenvalue weighted by atomic mass is 10.1. The quantitative estimate of drug-likeness (QED) is 0.625. The van der Waals surface area contributed by atoms with Crippen molar-refractivity contribution in [2.24, 2.45) is 0 Å². The lowest BCUT2D eigenvalue weighted by Crippen LogP contribution is -2.32. The van der Waals surface area contributed by atoms with Gasteiger partial charge in [0.2, 0.25) is 0 Å². The van der Waals surface area contributed by atoms with Crippen molar-refractivity contribution in [3.8, 4) is 0 Å². The van der Waals surface area contributed by atoms with Crippen LogP contribution in [0.4, 0.5) is 14.5 Å². The largest absolute Gasteiger partial charge is 0.454 e. The molecule has 148 valence electrons. The average Bonchev–Trinajstić information content (AvgIpc) is 2.69. The minimum absolute atomic E-state index is 0.104. The summed E-state index contributed by atoms with van der Waals surface area (Å²) in [6.45, 7) is -1.10. The number of benzene rings is 3. The van der Waals surface area contributed by atoms with Crippen molar-refractivity contribution in [2.75, 3.05) is 18.5 Å². The molecule has 0 atom stereocenters. The molecule has 0 aromatic heterocycles. The Kier molecular flexibility index (Phi) is 6.13. The maximum absolute atomic E-state index is 13.1. The average molecular weight is 398 g/mol. The zero-order valence-electron chi connectivity index (χ0n) is 15.1. The lowest BCUT2D eigenvalue weighted by molar-refractivity contribution is -0.146. The van der Waals surface area contributed by atoms with Crippen LogP contribution in [0.1, 0.15) is 10.4 Å². The number of amides is 2. The van der Waals surface area contributed by atoms with Gasteiger partial charge in [0.25, 0.3) is 11.8 Å². The number of anilines is 1. The van der Waals surface area contributed by atoms with Crippen molar-refractivity contribution < 1.29 is 27.9 Å². The van der Waals surface area contributed by atoms with Crippen molar-refractivity contribution in [3.63, 3.8) is 0 Å². The molecule has 0 aliphatic rings. The van der Waals surface area contributed by atoms with Gasteiger partial charge in [0.05, 0.1) is 0 Å². The van der Waals surface area contributed by atoms with Crippen molar-refractivity contribution in [1.82, 2.24) is 5.32 Å². The van der Waals surface area contributed by atoms with Crippen LogP contribution in [0.2, 0.25) is 0 Å². The topological polar surface area (TPSA) is 84.5 Å². The Bertz CT molecular complexity index is 1060. The summed E-state index contributed by atoms with van der Waals surface area (Å²) in [4.78, 5) is 35.6. The molecule has 0 aliphatic heterocycles. The van der Waals surface area contributed by atoms with E-state index in [0.717, 1.165) is 22.9 Å². The molecule has 8 heteroatoms. The molecule has 0 aliphatic carbocycles. The summed E-state index contributed by atoms with van der Waals surface area (Å²) in [5.41, 5.74) is 0.274. The van der Waals surface area contributed by atoms with Gasteiger partial charge in [-0.3, -0.25) is 14.4 Å². The lowest BCUT2D eigenvalue weighted by Gasteiger charge is -2.08. The molecular weight excluding hydrogens is 382 g/mol. The fraction of sp³-hybridized carbons (Fsp3) is 0.0952. The highest BCUT2D eigenvalue weighted by molar-refractivity contribution is 6.00. The Labute approximate surface area is 164 Å². The van der Waals surface area contributed by atoms with E-state index in [1.54, 1.807) is 18.2 Å². The molecule has 0 fully saturated rings. The third-order valence-electron chi connectivity index (χ3n) is 3.92. The Morgan fingerprint density at radius 1 is 0.862 bits per heavy atom. The first-order valence-corrected chi connectivity index (χ1v) is 8.59. The van der Waals surface area contributed by atoms with Gasteiger partial charge in [0.1, 0.15) is 18.2 Å². The molecule has 6 nitrogen and oxygen atoms in total. The van der Waals surface area contributed by atoms with Crippen molar-refractivity contribution in [2.45, 2.75) is 0 Å². The zero-order chi connectivity index (χ0) is 20.8. The van der Waals surface area contributed by atoms with Gasteiger partial charge in [0, 0.05) is 17.3 Å². The number of hydrogen-bond donors (Lipinski definition) is 2. The highest BCUT2D eigenvalue weighted by Gasteiger charge is 2.12. The number of carbonyl (C=O) groups is 3. The normalized spacial score (nSPS) is 10.4. The van der Waals surface area contributed by atoms with E-state index in [1.165, 1.54) is 0 Å². The fourth-order valence-corrected chi connectivity index (χ4v) is 2.61. The second kappa shape index (κ2) is 8.92. The highest BCUT2D eigenvalue weighted by atomic mass is 19.1. The first kappa shape index (κ1) is 19.9. The molecule has 29 heavy (non-hydrogen) atoms. The summed E-state index contributed by atoms with van der Waals surface area (Å²) in [6.07, 6.45) is 0. The van der Waals surface area contributed by atoms with Crippen LogP contribution in [0, 0.1) is 11.6 Å². The van der Waals surface area contributed by atoms with Gasteiger partial charge in [-0.1, -0.05) is 30.3 Å². The van der Waals surface area contributed by atoms with Crippen molar-refractivity contribution in [3.05, 3.63) is 77.9 Å². The summed E-state index contributed by atoms with van der Waals surface area (Å²) in [6, 6.07) is 15.1. The molecular formula is C21H16F2N2O4. The van der Waals surface area contributed by atoms with Gasteiger partial charge < -0.3 is 15.4 Å². The van der Waals surface area contributed by atoms with Crippen LogP contribution in [0.3, 0.4) is 0 Å². The zero-order valence-corrected chi connectivity index (χ0v) is 15.1. The van der Waals surface area contributed by atoms with Crippen LogP contribution in [0.15, 0.2) is 60.7 Å². The molecule has 0 saturated heterocycles. The van der Waals surface area contributed by atoms with Gasteiger partial charge >= 0.3 is 5.97 Å². The van der Waals surface area contributed by atoms with Crippen LogP contribution in [0.5, 0.6) is 0 Å². The molecule has 0 radical (unpaired) electrons. The molecule has 0 saturated carbocycles. The van der Waals surface area contributed by atoms with Crippen molar-refractivity contribution in [1.29, 1.82) is 0 Å². The van der Waals surface area contributed by atoms with Gasteiger partial charge in [-0.15, -0.1) is 0 Å². The van der Waals surface area contributed by atoms with E-state index in [4.69, 9.17) is 4.74 Å². The van der Waals surface area contributed by atoms with E-state index in [9.17, 15) is 23.2 Å². The number of rotatable bonds is 6. The molecule has 3 aromatic rings. The molecule has 0 spiro atoms. The minimum atomic E-state index is -0.853. The van der Waals surface area contributed by atoms with Crippen LogP contribution in [-0.4, -0.2) is 30.9 Å². The predicted octanol–water partition coefficient (Wildman–Crippen LogP) is 3.03. The predicted molar refractivity (Wildman–Crippen MR) is 102 cm³/mol. The number of ether oxygens (including phenoxy) is 1. The standard InChI is InChI=1S/C21H16F2N2O4/c22-16-8-17(23)10-18(9-16)25-19(26)12-29-20(27)11-24-21(28)15-6-5-13-3-1-2-4-14(13)7-15/h1-10H,11-12H2,(H,24,28)(H,25,26). The van der Waals surface area contributed by atoms with Gasteiger partial charge in [-0.25, -0.2) is 8.78 Å². The summed E-state index contributed by atoms with van der Waals surface area (Å²) < 4.78 is 30.9. The van der Waals surface area contributed by atoms with E-state index in [1.807, 2.05) is 24.3 Å². The van der Waals surface area contributed by atoms with E-state index < -0.39 is 42.6 Å². The van der Waals surface area contributed by atoms with Crippen LogP contribution < -0.4 is 10.6 Å². The SMILES string of the molecule is O=C(COC(=O)CNC(=O)c1ccc2ccccc2c1)Nc1cc(F)cc(F)c1. The van der Waals surface area contributed by atoms with Crippen molar-refractivity contribution >= 4 is 34.2 Å². The Balaban J connectivity index is 1.46. The number of nitrogens with one attached hydrogen (secondary N) is 2. The highest BCUT2D eigenvalue weighted by Crippen LogP contribution is 2.15. The second-order valence-corrected chi connectivity index (χ2v) is 6.11. The molecule has 3 aromatic carbocycles. The number of carbonyl (C=O) groups excluding carboxylic acids is 3. The molecule has 0 unspecified atom stereocenters. The van der Waals surface area contributed by atoms with Gasteiger partial charge in [-0.2, -0.15) is 0 Å². The second-order valence-electron chi connectivity index (χ2n) is 6.11. The Morgan fingerprint density at radius 2 is 1.55 bits per heavy atom. The van der Waals surface area contributed by atoms with Crippen LogP contribution in [0.25, 0.3) is 10.8 Å². The van der Waals surface area contributed by atoms with E-state index in [2.05, 4.69) is 10.6 Å². The van der Waals surface area contributed by atoms with Crippen LogP contribution in [-0.2, 0) is 14.3 Å². The summed E-state index contributed by atoms with van der Waals surface area (Å²) in [5.74, 6) is -3.78. The minimum Gasteiger partial charge on any atom is -0.454 e. The number of halogens is 2. The summed E-state index contributed by atoms with van der Waals surface area (Å²) >= 11 is 0. The monoisotopic (exact) mass is 398 g/mol. The van der Waals surface area contributed by atoms with Gasteiger partial charge in [-0.05, 0) is 35.0 Å². The molecule has 2 N–H and O–H groups in total. The first-order chi connectivity index (χ1) is 13.9. The number of hydrogen-bond acceptors (Lipinski definition) is 4. The maximum Gasteiger partial charge on any atom is 0.325 e. The van der Waals surface area contributed by atoms with E-state index in [0.29, 0.717) is 11.6 Å². The summed E-state index contributed by atoms with van der Waals surface area (Å²) in [5, 5.41) is 6.47. The third kappa shape index (κ3) is 5.58. The third-order valence-corrected chi connectivity index (χ3v) is 3.92. The first-order valence-electron chi connectivity index (χ1n) is 8.59. The molecule has 0 heterocycles. The summed E-state index contributed by atoms with van der Waals surface area (Å²) in [7, 11) is 0. The Morgan fingerprint density at radius 3 is 2.28 bits per heavy atom. The fourth-order valence-electron chi connectivity index (χ4n) is 2.61. The molecule has 3 rings (SSSR count). The Hall–Kier alpha value is -3.81. The number of fused-ring (bicyclic) bond motifs is 1. The maximum atomic E-state index is 13.1. The van der Waals surface area contributed by atoms with Crippen LogP contribution >= 0.6 is 0 Å². The smallest absolute Gasteiger partial charge is 0.325 e. The van der Waals surface area contributed by atoms with Gasteiger partial charge in [0.15, 0.2) is 6.61 Å². The van der Waals surface area contributed by atoms with E-state index in [-0.39, 0.29) is 5.69 Å².